The van der Waals surface area contributed by atoms with Gasteiger partial charge in [0.25, 0.3) is 6.43 Å². The number of ether oxygens (including phenoxy) is 1. The van der Waals surface area contributed by atoms with Gasteiger partial charge in [-0.1, -0.05) is 25.2 Å². The lowest BCUT2D eigenvalue weighted by Gasteiger charge is -2.37. The zero-order valence-corrected chi connectivity index (χ0v) is 22.6. The molecule has 1 amide bonds. The van der Waals surface area contributed by atoms with Crippen LogP contribution in [0.2, 0.25) is 0 Å². The van der Waals surface area contributed by atoms with Crippen molar-refractivity contribution in [2.75, 3.05) is 44.3 Å². The molecule has 11 nitrogen and oxygen atoms in total. The number of halogens is 2. The number of piperazine rings is 1. The van der Waals surface area contributed by atoms with Crippen molar-refractivity contribution in [1.29, 1.82) is 0 Å². The molecule has 0 aromatic carbocycles. The molecule has 0 saturated carbocycles. The third-order valence-electron chi connectivity index (χ3n) is 6.69. The Morgan fingerprint density at radius 2 is 1.87 bits per heavy atom. The van der Waals surface area contributed by atoms with Crippen molar-refractivity contribution < 1.29 is 26.7 Å². The molecule has 2 fully saturated rings. The van der Waals surface area contributed by atoms with Crippen molar-refractivity contribution in [2.45, 2.75) is 44.1 Å². The number of carbonyl (C=O) groups excluding carboxylic acids is 1. The molecule has 3 aromatic heterocycles. The van der Waals surface area contributed by atoms with Crippen LogP contribution in [0, 0.1) is 5.92 Å². The van der Waals surface area contributed by atoms with Gasteiger partial charge in [0.15, 0.2) is 15.7 Å². The van der Waals surface area contributed by atoms with E-state index in [4.69, 9.17) is 4.74 Å². The quantitative estimate of drug-likeness (QED) is 0.461. The number of hydrogen-bond donors (Lipinski definition) is 1. The Morgan fingerprint density at radius 3 is 2.50 bits per heavy atom. The fourth-order valence-electron chi connectivity index (χ4n) is 4.64. The minimum absolute atomic E-state index is 0.0185. The van der Waals surface area contributed by atoms with E-state index in [1.807, 2.05) is 18.7 Å². The Balaban J connectivity index is 1.54. The van der Waals surface area contributed by atoms with E-state index in [9.17, 15) is 22.0 Å². The maximum Gasteiger partial charge on any atom is 0.291 e. The van der Waals surface area contributed by atoms with Crippen molar-refractivity contribution in [1.82, 2.24) is 29.2 Å². The number of aromatic nitrogens is 4. The first-order valence-electron chi connectivity index (χ1n) is 12.4. The van der Waals surface area contributed by atoms with E-state index in [2.05, 4.69) is 19.9 Å². The highest BCUT2D eigenvalue weighted by molar-refractivity contribution is 7.89. The smallest absolute Gasteiger partial charge is 0.291 e. The number of anilines is 1. The third-order valence-corrected chi connectivity index (χ3v) is 9.13. The molecule has 0 spiro atoms. The van der Waals surface area contributed by atoms with Crippen molar-refractivity contribution in [2.24, 2.45) is 5.92 Å². The van der Waals surface area contributed by atoms with Crippen LogP contribution in [0.25, 0.3) is 16.3 Å². The van der Waals surface area contributed by atoms with Gasteiger partial charge < -0.3 is 14.5 Å². The van der Waals surface area contributed by atoms with E-state index >= 15 is 0 Å². The standard InChI is InChI=1S/C23H29F2N7O4S2/c1-14(2)23(33)31-7-5-30(6-8-31)17-11-16(38(34,35)29-15-3-9-36-10-4-15)13-32-18(12-26-20(17)32)21-27-28-22(37-21)19(24)25/h11-15,19,29H,3-10H2,1-2H3. The normalized spacial score (nSPS) is 17.7. The zero-order chi connectivity index (χ0) is 27.0. The summed E-state index contributed by atoms with van der Waals surface area (Å²) in [5.41, 5.74) is 1.39. The maximum atomic E-state index is 13.5. The summed E-state index contributed by atoms with van der Waals surface area (Å²) >= 11 is 0.733. The van der Waals surface area contributed by atoms with Gasteiger partial charge in [-0.05, 0) is 18.9 Å². The molecule has 0 aliphatic carbocycles. The molecule has 1 N–H and O–H groups in total. The summed E-state index contributed by atoms with van der Waals surface area (Å²) in [5.74, 6) is -0.0427. The number of nitrogens with one attached hydrogen (secondary N) is 1. The molecule has 2 aliphatic heterocycles. The molecule has 2 aliphatic rings. The van der Waals surface area contributed by atoms with Crippen LogP contribution >= 0.6 is 11.3 Å². The van der Waals surface area contributed by atoms with E-state index in [0.717, 1.165) is 11.3 Å². The molecule has 3 aromatic rings. The average molecular weight is 570 g/mol. The topological polar surface area (TPSA) is 122 Å². The van der Waals surface area contributed by atoms with Crippen molar-refractivity contribution in [3.8, 4) is 10.7 Å². The Labute approximate surface area is 222 Å². The molecule has 0 radical (unpaired) electrons. The van der Waals surface area contributed by atoms with Crippen molar-refractivity contribution in [3.05, 3.63) is 23.5 Å². The Hall–Kier alpha value is -2.75. The number of carbonyl (C=O) groups is 1. The van der Waals surface area contributed by atoms with E-state index in [0.29, 0.717) is 69.3 Å². The second kappa shape index (κ2) is 10.8. The summed E-state index contributed by atoms with van der Waals surface area (Å²) in [5, 5.41) is 7.24. The maximum absolute atomic E-state index is 13.5. The molecule has 38 heavy (non-hydrogen) atoms. The highest BCUT2D eigenvalue weighted by Gasteiger charge is 2.29. The third kappa shape index (κ3) is 5.37. The second-order valence-corrected chi connectivity index (χ2v) is 12.3. The Bertz CT molecular complexity index is 1410. The number of fused-ring (bicyclic) bond motifs is 1. The van der Waals surface area contributed by atoms with Crippen LogP contribution in [-0.2, 0) is 19.6 Å². The Morgan fingerprint density at radius 1 is 1.16 bits per heavy atom. The van der Waals surface area contributed by atoms with Crippen LogP contribution in [0.3, 0.4) is 0 Å². The summed E-state index contributed by atoms with van der Waals surface area (Å²) in [7, 11) is -3.93. The molecule has 5 rings (SSSR count). The van der Waals surface area contributed by atoms with Crippen LogP contribution in [-0.4, -0.2) is 84.2 Å². The SMILES string of the molecule is CC(C)C(=O)N1CCN(c2cc(S(=O)(=O)NC3CCOCC3)cn3c(-c4nnc(C(F)F)s4)cnc23)CC1. The monoisotopic (exact) mass is 569 g/mol. The Kier molecular flexibility index (Phi) is 7.62. The minimum atomic E-state index is -3.93. The summed E-state index contributed by atoms with van der Waals surface area (Å²) in [6.45, 7) is 6.62. The molecule has 0 unspecified atom stereocenters. The fourth-order valence-corrected chi connectivity index (χ4v) is 6.67. The average Bonchev–Trinajstić information content (AvgIpc) is 3.55. The van der Waals surface area contributed by atoms with E-state index in [1.165, 1.54) is 12.4 Å². The molecular formula is C23H29F2N7O4S2. The van der Waals surface area contributed by atoms with E-state index < -0.39 is 21.5 Å². The van der Waals surface area contributed by atoms with Gasteiger partial charge in [0.2, 0.25) is 15.9 Å². The molecular weight excluding hydrogens is 540 g/mol. The van der Waals surface area contributed by atoms with Gasteiger partial charge in [0.1, 0.15) is 10.6 Å². The number of sulfonamides is 1. The summed E-state index contributed by atoms with van der Waals surface area (Å²) < 4.78 is 63.0. The lowest BCUT2D eigenvalue weighted by atomic mass is 10.1. The number of imidazole rings is 1. The number of alkyl halides is 2. The number of amides is 1. The van der Waals surface area contributed by atoms with Crippen molar-refractivity contribution in [3.63, 3.8) is 0 Å². The molecule has 2 saturated heterocycles. The van der Waals surface area contributed by atoms with Gasteiger partial charge in [0, 0.05) is 57.5 Å². The first-order chi connectivity index (χ1) is 18.1. The van der Waals surface area contributed by atoms with Gasteiger partial charge in [0.05, 0.1) is 11.9 Å². The van der Waals surface area contributed by atoms with Crippen LogP contribution in [0.4, 0.5) is 14.5 Å². The summed E-state index contributed by atoms with van der Waals surface area (Å²) in [4.78, 5) is 20.8. The van der Waals surface area contributed by atoms with Crippen LogP contribution < -0.4 is 9.62 Å². The lowest BCUT2D eigenvalue weighted by molar-refractivity contribution is -0.134. The second-order valence-electron chi connectivity index (χ2n) is 9.62. The molecule has 0 bridgehead atoms. The number of hydrogen-bond acceptors (Lipinski definition) is 9. The number of rotatable bonds is 7. The first-order valence-corrected chi connectivity index (χ1v) is 14.7. The molecule has 15 heteroatoms. The zero-order valence-electron chi connectivity index (χ0n) is 21.0. The van der Waals surface area contributed by atoms with Crippen LogP contribution in [0.15, 0.2) is 23.4 Å². The molecule has 5 heterocycles. The summed E-state index contributed by atoms with van der Waals surface area (Å²) in [6, 6.07) is 1.33. The van der Waals surface area contributed by atoms with Gasteiger partial charge in [-0.2, -0.15) is 0 Å². The number of nitrogens with zero attached hydrogens (tertiary/aromatic N) is 6. The summed E-state index contributed by atoms with van der Waals surface area (Å²) in [6.07, 6.45) is 1.29. The molecule has 206 valence electrons. The highest BCUT2D eigenvalue weighted by Crippen LogP contribution is 2.33. The molecule has 0 atom stereocenters. The van der Waals surface area contributed by atoms with E-state index in [1.54, 1.807) is 15.4 Å². The lowest BCUT2D eigenvalue weighted by Crippen LogP contribution is -2.50. The van der Waals surface area contributed by atoms with Gasteiger partial charge in [-0.25, -0.2) is 26.9 Å². The number of pyridine rings is 1. The largest absolute Gasteiger partial charge is 0.381 e. The van der Waals surface area contributed by atoms with Gasteiger partial charge >= 0.3 is 0 Å². The fraction of sp³-hybridized carbons (Fsp3) is 0.565. The van der Waals surface area contributed by atoms with Gasteiger partial charge in [-0.15, -0.1) is 10.2 Å². The first kappa shape index (κ1) is 26.8. The highest BCUT2D eigenvalue weighted by atomic mass is 32.2. The predicted molar refractivity (Wildman–Crippen MR) is 137 cm³/mol. The van der Waals surface area contributed by atoms with E-state index in [-0.39, 0.29) is 27.8 Å². The van der Waals surface area contributed by atoms with Crippen molar-refractivity contribution >= 4 is 38.6 Å². The predicted octanol–water partition coefficient (Wildman–Crippen LogP) is 2.55. The minimum Gasteiger partial charge on any atom is -0.381 e. The van der Waals surface area contributed by atoms with Crippen LogP contribution in [0.1, 0.15) is 38.1 Å². The van der Waals surface area contributed by atoms with Gasteiger partial charge in [-0.3, -0.25) is 9.20 Å². The van der Waals surface area contributed by atoms with Crippen LogP contribution in [0.5, 0.6) is 0 Å².